The van der Waals surface area contributed by atoms with Gasteiger partial charge in [-0.3, -0.25) is 0 Å². The highest BCUT2D eigenvalue weighted by Crippen LogP contribution is 2.40. The summed E-state index contributed by atoms with van der Waals surface area (Å²) < 4.78 is 23.4. The van der Waals surface area contributed by atoms with Crippen LogP contribution in [0.15, 0.2) is 18.2 Å². The van der Waals surface area contributed by atoms with E-state index in [1.54, 1.807) is 18.2 Å². The fraction of sp³-hybridized carbons (Fsp3) is 0.571. The van der Waals surface area contributed by atoms with Crippen molar-refractivity contribution in [2.45, 2.75) is 12.8 Å². The Hall–Kier alpha value is -0.330. The Labute approximate surface area is 134 Å². The molecule has 1 heterocycles. The van der Waals surface area contributed by atoms with Gasteiger partial charge in [-0.2, -0.15) is 0 Å². The van der Waals surface area contributed by atoms with Gasteiger partial charge in [0.2, 0.25) is 0 Å². The summed E-state index contributed by atoms with van der Waals surface area (Å²) in [4.78, 5) is 0. The molecule has 0 spiro atoms. The molecule has 4 nitrogen and oxygen atoms in total. The number of halogens is 2. The fourth-order valence-corrected chi connectivity index (χ4v) is 5.24. The molecular formula is C14H18Cl2O4S. The van der Waals surface area contributed by atoms with Gasteiger partial charge in [-0.1, -0.05) is 35.3 Å². The van der Waals surface area contributed by atoms with Crippen LogP contribution in [0.1, 0.15) is 12.0 Å². The first-order valence-electron chi connectivity index (χ1n) is 6.68. The molecule has 1 aromatic carbocycles. The summed E-state index contributed by atoms with van der Waals surface area (Å²) in [6.45, 7) is -0.598. The van der Waals surface area contributed by atoms with Gasteiger partial charge in [-0.05, 0) is 30.4 Å². The molecule has 1 saturated heterocycles. The van der Waals surface area contributed by atoms with Gasteiger partial charge >= 0.3 is 0 Å². The third-order valence-electron chi connectivity index (χ3n) is 4.30. The lowest BCUT2D eigenvalue weighted by Gasteiger charge is -2.35. The van der Waals surface area contributed by atoms with Gasteiger partial charge < -0.3 is 10.2 Å². The van der Waals surface area contributed by atoms with E-state index in [0.717, 1.165) is 0 Å². The monoisotopic (exact) mass is 352 g/mol. The molecule has 1 fully saturated rings. The van der Waals surface area contributed by atoms with Crippen LogP contribution < -0.4 is 0 Å². The maximum atomic E-state index is 11.7. The van der Waals surface area contributed by atoms with E-state index in [2.05, 4.69) is 0 Å². The Kier molecular flexibility index (Phi) is 5.21. The lowest BCUT2D eigenvalue weighted by Crippen LogP contribution is -2.41. The third-order valence-corrected chi connectivity index (χ3v) is 6.93. The zero-order chi connectivity index (χ0) is 15.7. The zero-order valence-corrected chi connectivity index (χ0v) is 13.8. The number of sulfone groups is 1. The predicted molar refractivity (Wildman–Crippen MR) is 83.5 cm³/mol. The number of hydrogen-bond acceptors (Lipinski definition) is 4. The van der Waals surface area contributed by atoms with Crippen LogP contribution in [0.25, 0.3) is 0 Å². The maximum absolute atomic E-state index is 11.7. The molecule has 1 atom stereocenters. The van der Waals surface area contributed by atoms with Crippen LogP contribution in [0, 0.1) is 11.3 Å². The summed E-state index contributed by atoms with van der Waals surface area (Å²) >= 11 is 12.1. The van der Waals surface area contributed by atoms with Crippen molar-refractivity contribution in [3.8, 4) is 0 Å². The second-order valence-electron chi connectivity index (χ2n) is 5.67. The van der Waals surface area contributed by atoms with Gasteiger partial charge in [0.1, 0.15) is 0 Å². The molecule has 0 aliphatic carbocycles. The Morgan fingerprint density at radius 3 is 2.43 bits per heavy atom. The van der Waals surface area contributed by atoms with E-state index in [1.165, 1.54) is 0 Å². The minimum Gasteiger partial charge on any atom is -0.396 e. The Balaban J connectivity index is 2.32. The van der Waals surface area contributed by atoms with Gasteiger partial charge in [-0.15, -0.1) is 0 Å². The number of hydrogen-bond donors (Lipinski definition) is 2. The van der Waals surface area contributed by atoms with Crippen LogP contribution in [-0.2, 0) is 16.3 Å². The molecule has 1 unspecified atom stereocenters. The summed E-state index contributed by atoms with van der Waals surface area (Å²) in [6.07, 6.45) is 0.737. The minimum atomic E-state index is -3.09. The van der Waals surface area contributed by atoms with Crippen molar-refractivity contribution in [2.75, 3.05) is 24.7 Å². The SMILES string of the molecule is O=S1(=O)CCC(C(CO)(CO)Cc2cccc(Cl)c2Cl)C1. The molecule has 21 heavy (non-hydrogen) atoms. The molecular weight excluding hydrogens is 335 g/mol. The van der Waals surface area contributed by atoms with E-state index in [1.807, 2.05) is 0 Å². The van der Waals surface area contributed by atoms with E-state index in [-0.39, 0.29) is 30.6 Å². The van der Waals surface area contributed by atoms with Crippen molar-refractivity contribution in [1.29, 1.82) is 0 Å². The quantitative estimate of drug-likeness (QED) is 0.849. The van der Waals surface area contributed by atoms with Crippen LogP contribution in [-0.4, -0.2) is 43.4 Å². The first-order valence-corrected chi connectivity index (χ1v) is 9.26. The smallest absolute Gasteiger partial charge is 0.150 e. The lowest BCUT2D eigenvalue weighted by molar-refractivity contribution is 0.0125. The molecule has 118 valence electrons. The highest BCUT2D eigenvalue weighted by atomic mass is 35.5. The predicted octanol–water partition coefficient (Wildman–Crippen LogP) is 1.94. The summed E-state index contributed by atoms with van der Waals surface area (Å²) in [7, 11) is -3.09. The van der Waals surface area contributed by atoms with Crippen LogP contribution >= 0.6 is 23.2 Å². The van der Waals surface area contributed by atoms with Crippen molar-refractivity contribution in [2.24, 2.45) is 11.3 Å². The van der Waals surface area contributed by atoms with Gasteiger partial charge in [0, 0.05) is 5.41 Å². The van der Waals surface area contributed by atoms with Crippen molar-refractivity contribution >= 4 is 33.0 Å². The lowest BCUT2D eigenvalue weighted by atomic mass is 9.72. The molecule has 0 saturated carbocycles. The molecule has 2 rings (SSSR count). The first-order chi connectivity index (χ1) is 9.83. The van der Waals surface area contributed by atoms with Crippen LogP contribution in [0.4, 0.5) is 0 Å². The standard InChI is InChI=1S/C14H18Cl2O4S/c15-12-3-1-2-10(13(12)16)6-14(8-17,9-18)11-4-5-21(19,20)7-11/h1-3,11,17-18H,4-9H2. The highest BCUT2D eigenvalue weighted by molar-refractivity contribution is 7.91. The normalized spacial score (nSPS) is 21.6. The zero-order valence-electron chi connectivity index (χ0n) is 11.4. The first kappa shape index (κ1) is 17.0. The molecule has 2 N–H and O–H groups in total. The molecule has 0 aromatic heterocycles. The van der Waals surface area contributed by atoms with Crippen LogP contribution in [0.3, 0.4) is 0 Å². The molecule has 0 radical (unpaired) electrons. The average Bonchev–Trinajstić information content (AvgIpc) is 2.81. The van der Waals surface area contributed by atoms with E-state index in [0.29, 0.717) is 28.5 Å². The molecule has 1 aliphatic heterocycles. The second kappa shape index (κ2) is 6.42. The second-order valence-corrected chi connectivity index (χ2v) is 8.68. The van der Waals surface area contributed by atoms with Gasteiger partial charge in [0.25, 0.3) is 0 Å². The van der Waals surface area contributed by atoms with Crippen LogP contribution in [0.5, 0.6) is 0 Å². The van der Waals surface area contributed by atoms with E-state index in [4.69, 9.17) is 23.2 Å². The fourth-order valence-electron chi connectivity index (χ4n) is 2.91. The van der Waals surface area contributed by atoms with Crippen molar-refractivity contribution in [1.82, 2.24) is 0 Å². The number of rotatable bonds is 5. The summed E-state index contributed by atoms with van der Waals surface area (Å²) in [6, 6.07) is 5.18. The van der Waals surface area contributed by atoms with E-state index in [9.17, 15) is 18.6 Å². The Morgan fingerprint density at radius 1 is 1.24 bits per heavy atom. The Bertz CT molecular complexity index is 611. The minimum absolute atomic E-state index is 0.00763. The van der Waals surface area contributed by atoms with Gasteiger partial charge in [0.05, 0.1) is 34.8 Å². The molecule has 1 aliphatic rings. The Morgan fingerprint density at radius 2 is 1.90 bits per heavy atom. The van der Waals surface area contributed by atoms with Crippen molar-refractivity contribution in [3.05, 3.63) is 33.8 Å². The topological polar surface area (TPSA) is 74.6 Å². The summed E-state index contributed by atoms with van der Waals surface area (Å²) in [5.41, 5.74) is -0.200. The summed E-state index contributed by atoms with van der Waals surface area (Å²) in [5, 5.41) is 20.4. The van der Waals surface area contributed by atoms with E-state index >= 15 is 0 Å². The van der Waals surface area contributed by atoms with Crippen molar-refractivity contribution < 1.29 is 18.6 Å². The molecule has 7 heteroatoms. The summed E-state index contributed by atoms with van der Waals surface area (Å²) in [5.74, 6) is -0.192. The molecule has 0 bridgehead atoms. The molecule has 0 amide bonds. The number of aliphatic hydroxyl groups is 2. The third kappa shape index (κ3) is 3.54. The van der Waals surface area contributed by atoms with Gasteiger partial charge in [-0.25, -0.2) is 8.42 Å². The largest absolute Gasteiger partial charge is 0.396 e. The number of benzene rings is 1. The van der Waals surface area contributed by atoms with Crippen molar-refractivity contribution in [3.63, 3.8) is 0 Å². The van der Waals surface area contributed by atoms with E-state index < -0.39 is 15.3 Å². The van der Waals surface area contributed by atoms with Gasteiger partial charge in [0.15, 0.2) is 9.84 Å². The average molecular weight is 353 g/mol. The molecule has 1 aromatic rings. The highest BCUT2D eigenvalue weighted by Gasteiger charge is 2.44. The maximum Gasteiger partial charge on any atom is 0.150 e. The van der Waals surface area contributed by atoms with Crippen LogP contribution in [0.2, 0.25) is 10.0 Å². The number of aliphatic hydroxyl groups excluding tert-OH is 2.